The molecule has 1 heterocycles. The lowest BCUT2D eigenvalue weighted by Gasteiger charge is -2.27. The molecule has 0 unspecified atom stereocenters. The molecule has 0 aliphatic carbocycles. The number of ether oxygens (including phenoxy) is 1. The van der Waals surface area contributed by atoms with Crippen LogP contribution in [0.15, 0.2) is 18.3 Å². The van der Waals surface area contributed by atoms with Crippen molar-refractivity contribution in [1.29, 1.82) is 0 Å². The van der Waals surface area contributed by atoms with E-state index in [4.69, 9.17) is 4.74 Å². The van der Waals surface area contributed by atoms with Gasteiger partial charge >= 0.3 is 0 Å². The lowest BCUT2D eigenvalue weighted by Crippen LogP contribution is -2.34. The SMILES string of the molecule is CCNCc1ccnc(N(CCOC)C(C)C)c1. The topological polar surface area (TPSA) is 37.4 Å². The Bertz CT molecular complexity index is 342. The Balaban J connectivity index is 2.77. The number of pyridine rings is 1. The van der Waals surface area contributed by atoms with Gasteiger partial charge in [0, 0.05) is 32.4 Å². The van der Waals surface area contributed by atoms with Gasteiger partial charge in [0.2, 0.25) is 0 Å². The molecule has 0 saturated heterocycles. The molecule has 0 aliphatic heterocycles. The molecule has 0 amide bonds. The van der Waals surface area contributed by atoms with Crippen LogP contribution < -0.4 is 10.2 Å². The van der Waals surface area contributed by atoms with Gasteiger partial charge < -0.3 is 15.0 Å². The summed E-state index contributed by atoms with van der Waals surface area (Å²) in [6.07, 6.45) is 1.88. The number of methoxy groups -OCH3 is 1. The Hall–Kier alpha value is -1.13. The maximum Gasteiger partial charge on any atom is 0.129 e. The molecular formula is C14H25N3O. The highest BCUT2D eigenvalue weighted by Crippen LogP contribution is 2.15. The van der Waals surface area contributed by atoms with Crippen molar-refractivity contribution in [3.05, 3.63) is 23.9 Å². The number of rotatable bonds is 8. The molecule has 102 valence electrons. The highest BCUT2D eigenvalue weighted by Gasteiger charge is 2.11. The highest BCUT2D eigenvalue weighted by atomic mass is 16.5. The third kappa shape index (κ3) is 4.63. The average Bonchev–Trinajstić information content (AvgIpc) is 2.37. The number of hydrogen-bond acceptors (Lipinski definition) is 4. The second-order valence-corrected chi connectivity index (χ2v) is 4.58. The van der Waals surface area contributed by atoms with E-state index in [-0.39, 0.29) is 0 Å². The third-order valence-corrected chi connectivity index (χ3v) is 2.84. The molecule has 4 heteroatoms. The van der Waals surface area contributed by atoms with Crippen LogP contribution in [0.25, 0.3) is 0 Å². The van der Waals surface area contributed by atoms with Gasteiger partial charge in [0.15, 0.2) is 0 Å². The zero-order chi connectivity index (χ0) is 13.4. The molecule has 0 fully saturated rings. The number of anilines is 1. The molecule has 1 rings (SSSR count). The first-order chi connectivity index (χ1) is 8.69. The summed E-state index contributed by atoms with van der Waals surface area (Å²) in [4.78, 5) is 6.73. The van der Waals surface area contributed by atoms with Crippen LogP contribution in [0.5, 0.6) is 0 Å². The summed E-state index contributed by atoms with van der Waals surface area (Å²) >= 11 is 0. The van der Waals surface area contributed by atoms with Gasteiger partial charge in [-0.05, 0) is 38.1 Å². The van der Waals surface area contributed by atoms with E-state index in [1.807, 2.05) is 6.20 Å². The minimum absolute atomic E-state index is 0.419. The van der Waals surface area contributed by atoms with Gasteiger partial charge in [-0.1, -0.05) is 6.92 Å². The summed E-state index contributed by atoms with van der Waals surface area (Å²) < 4.78 is 5.16. The zero-order valence-corrected chi connectivity index (χ0v) is 11.9. The van der Waals surface area contributed by atoms with E-state index < -0.39 is 0 Å². The van der Waals surface area contributed by atoms with Crippen LogP contribution in [0.4, 0.5) is 5.82 Å². The fourth-order valence-corrected chi connectivity index (χ4v) is 1.82. The number of hydrogen-bond donors (Lipinski definition) is 1. The van der Waals surface area contributed by atoms with Crippen molar-refractivity contribution in [2.45, 2.75) is 33.4 Å². The van der Waals surface area contributed by atoms with E-state index in [9.17, 15) is 0 Å². The Labute approximate surface area is 110 Å². The van der Waals surface area contributed by atoms with Gasteiger partial charge in [-0.15, -0.1) is 0 Å². The molecule has 0 saturated carbocycles. The van der Waals surface area contributed by atoms with Crippen LogP contribution >= 0.6 is 0 Å². The Kier molecular flexibility index (Phi) is 6.68. The van der Waals surface area contributed by atoms with E-state index in [2.05, 4.69) is 48.1 Å². The minimum Gasteiger partial charge on any atom is -0.383 e. The maximum atomic E-state index is 5.16. The largest absolute Gasteiger partial charge is 0.383 e. The molecule has 18 heavy (non-hydrogen) atoms. The number of aromatic nitrogens is 1. The molecule has 0 spiro atoms. The standard InChI is InChI=1S/C14H25N3O/c1-5-15-11-13-6-7-16-14(10-13)17(12(2)3)8-9-18-4/h6-7,10,12,15H,5,8-9,11H2,1-4H3. The normalized spacial score (nSPS) is 10.9. The number of nitrogens with one attached hydrogen (secondary N) is 1. The third-order valence-electron chi connectivity index (χ3n) is 2.84. The van der Waals surface area contributed by atoms with Crippen molar-refractivity contribution in [2.24, 2.45) is 0 Å². The first kappa shape index (κ1) is 14.9. The van der Waals surface area contributed by atoms with E-state index in [1.54, 1.807) is 7.11 Å². The minimum atomic E-state index is 0.419. The summed E-state index contributed by atoms with van der Waals surface area (Å²) in [5.74, 6) is 1.03. The van der Waals surface area contributed by atoms with Crippen molar-refractivity contribution in [3.8, 4) is 0 Å². The van der Waals surface area contributed by atoms with Crippen LogP contribution in [-0.2, 0) is 11.3 Å². The molecule has 1 aromatic rings. The van der Waals surface area contributed by atoms with Crippen LogP contribution in [0.1, 0.15) is 26.3 Å². The smallest absolute Gasteiger partial charge is 0.129 e. The average molecular weight is 251 g/mol. The predicted molar refractivity (Wildman–Crippen MR) is 76.0 cm³/mol. The molecule has 4 nitrogen and oxygen atoms in total. The molecule has 0 aliphatic rings. The molecule has 0 aromatic carbocycles. The van der Waals surface area contributed by atoms with Crippen molar-refractivity contribution in [3.63, 3.8) is 0 Å². The monoisotopic (exact) mass is 251 g/mol. The Morgan fingerprint density at radius 2 is 2.22 bits per heavy atom. The van der Waals surface area contributed by atoms with Crippen LogP contribution in [0.3, 0.4) is 0 Å². The maximum absolute atomic E-state index is 5.16. The quantitative estimate of drug-likeness (QED) is 0.767. The van der Waals surface area contributed by atoms with Gasteiger partial charge in [0.05, 0.1) is 6.61 Å². The van der Waals surface area contributed by atoms with Gasteiger partial charge in [-0.2, -0.15) is 0 Å². The van der Waals surface area contributed by atoms with E-state index in [1.165, 1.54) is 5.56 Å². The zero-order valence-electron chi connectivity index (χ0n) is 11.9. The van der Waals surface area contributed by atoms with Gasteiger partial charge in [0.25, 0.3) is 0 Å². The van der Waals surface area contributed by atoms with Crippen molar-refractivity contribution in [1.82, 2.24) is 10.3 Å². The lowest BCUT2D eigenvalue weighted by atomic mass is 10.2. The van der Waals surface area contributed by atoms with Gasteiger partial charge in [0.1, 0.15) is 5.82 Å². The molecule has 0 atom stereocenters. The van der Waals surface area contributed by atoms with E-state index >= 15 is 0 Å². The second-order valence-electron chi connectivity index (χ2n) is 4.58. The summed E-state index contributed by atoms with van der Waals surface area (Å²) in [5.41, 5.74) is 1.27. The molecule has 0 radical (unpaired) electrons. The molecule has 1 aromatic heterocycles. The summed E-state index contributed by atoms with van der Waals surface area (Å²) in [7, 11) is 1.73. The lowest BCUT2D eigenvalue weighted by molar-refractivity contribution is 0.203. The summed E-state index contributed by atoms with van der Waals surface area (Å²) in [6.45, 7) is 9.92. The first-order valence-corrected chi connectivity index (χ1v) is 6.60. The molecule has 0 bridgehead atoms. The van der Waals surface area contributed by atoms with Crippen molar-refractivity contribution >= 4 is 5.82 Å². The van der Waals surface area contributed by atoms with Gasteiger partial charge in [-0.25, -0.2) is 4.98 Å². The van der Waals surface area contributed by atoms with Crippen LogP contribution in [0.2, 0.25) is 0 Å². The summed E-state index contributed by atoms with van der Waals surface area (Å²) in [6, 6.07) is 4.63. The van der Waals surface area contributed by atoms with Crippen molar-refractivity contribution in [2.75, 3.05) is 31.7 Å². The van der Waals surface area contributed by atoms with Crippen LogP contribution in [-0.4, -0.2) is 37.8 Å². The Morgan fingerprint density at radius 1 is 1.44 bits per heavy atom. The molecule has 1 N–H and O–H groups in total. The fraction of sp³-hybridized carbons (Fsp3) is 0.643. The predicted octanol–water partition coefficient (Wildman–Crippen LogP) is 2.05. The highest BCUT2D eigenvalue weighted by molar-refractivity contribution is 5.41. The van der Waals surface area contributed by atoms with Gasteiger partial charge in [-0.3, -0.25) is 0 Å². The first-order valence-electron chi connectivity index (χ1n) is 6.60. The Morgan fingerprint density at radius 3 is 2.83 bits per heavy atom. The fourth-order valence-electron chi connectivity index (χ4n) is 1.82. The van der Waals surface area contributed by atoms with Crippen molar-refractivity contribution < 1.29 is 4.74 Å². The van der Waals surface area contributed by atoms with E-state index in [0.29, 0.717) is 6.04 Å². The second kappa shape index (κ2) is 8.06. The molecular weight excluding hydrogens is 226 g/mol. The van der Waals surface area contributed by atoms with E-state index in [0.717, 1.165) is 32.1 Å². The number of nitrogens with zero attached hydrogens (tertiary/aromatic N) is 2. The van der Waals surface area contributed by atoms with Crippen LogP contribution in [0, 0.1) is 0 Å². The summed E-state index contributed by atoms with van der Waals surface area (Å²) in [5, 5.41) is 3.33.